The van der Waals surface area contributed by atoms with Gasteiger partial charge in [-0.05, 0) is 42.5 Å². The minimum Gasteiger partial charge on any atom is -0.454 e. The van der Waals surface area contributed by atoms with Gasteiger partial charge in [0.25, 0.3) is 11.8 Å². The SMILES string of the molecule is O=C(NNC(=O)c1ccc2c(c1)OCO2)c1ccc(OC(F)F)cc1. The molecule has 130 valence electrons. The fourth-order valence-electron chi connectivity index (χ4n) is 2.08. The first kappa shape index (κ1) is 16.5. The van der Waals surface area contributed by atoms with Gasteiger partial charge in [-0.15, -0.1) is 0 Å². The van der Waals surface area contributed by atoms with Crippen LogP contribution in [0.2, 0.25) is 0 Å². The number of amides is 2. The van der Waals surface area contributed by atoms with E-state index in [4.69, 9.17) is 9.47 Å². The highest BCUT2D eigenvalue weighted by Crippen LogP contribution is 2.32. The van der Waals surface area contributed by atoms with Crippen LogP contribution in [0.1, 0.15) is 20.7 Å². The summed E-state index contributed by atoms with van der Waals surface area (Å²) in [6.45, 7) is -2.86. The Morgan fingerprint density at radius 3 is 2.20 bits per heavy atom. The van der Waals surface area contributed by atoms with Crippen molar-refractivity contribution < 1.29 is 32.6 Å². The van der Waals surface area contributed by atoms with E-state index in [1.807, 2.05) is 0 Å². The van der Waals surface area contributed by atoms with Crippen LogP contribution in [0.5, 0.6) is 17.2 Å². The molecule has 0 aliphatic carbocycles. The largest absolute Gasteiger partial charge is 0.454 e. The number of hydrogen-bond acceptors (Lipinski definition) is 5. The van der Waals surface area contributed by atoms with Gasteiger partial charge >= 0.3 is 6.61 Å². The lowest BCUT2D eigenvalue weighted by Crippen LogP contribution is -2.41. The lowest BCUT2D eigenvalue weighted by Gasteiger charge is -2.09. The first-order valence-electron chi connectivity index (χ1n) is 7.08. The zero-order valence-corrected chi connectivity index (χ0v) is 12.6. The number of hydrazine groups is 1. The number of carbonyl (C=O) groups excluding carboxylic acids is 2. The van der Waals surface area contributed by atoms with Crippen molar-refractivity contribution >= 4 is 11.8 Å². The van der Waals surface area contributed by atoms with Crippen molar-refractivity contribution in [1.82, 2.24) is 10.9 Å². The third kappa shape index (κ3) is 3.94. The van der Waals surface area contributed by atoms with E-state index in [-0.39, 0.29) is 23.7 Å². The Kier molecular flexibility index (Phi) is 4.64. The number of carbonyl (C=O) groups is 2. The zero-order valence-electron chi connectivity index (χ0n) is 12.6. The Morgan fingerprint density at radius 1 is 0.920 bits per heavy atom. The third-order valence-corrected chi connectivity index (χ3v) is 3.27. The molecular weight excluding hydrogens is 338 g/mol. The Hall–Kier alpha value is -3.36. The Bertz CT molecular complexity index is 796. The highest BCUT2D eigenvalue weighted by Gasteiger charge is 2.16. The predicted octanol–water partition coefficient (Wildman–Crippen LogP) is 2.09. The van der Waals surface area contributed by atoms with Gasteiger partial charge in [0.1, 0.15) is 5.75 Å². The highest BCUT2D eigenvalue weighted by atomic mass is 19.3. The van der Waals surface area contributed by atoms with E-state index in [0.717, 1.165) is 0 Å². The van der Waals surface area contributed by atoms with Gasteiger partial charge < -0.3 is 14.2 Å². The maximum absolute atomic E-state index is 12.1. The van der Waals surface area contributed by atoms with Crippen molar-refractivity contribution in [2.45, 2.75) is 6.61 Å². The average molecular weight is 350 g/mol. The Balaban J connectivity index is 1.57. The minimum absolute atomic E-state index is 0.0732. The van der Waals surface area contributed by atoms with Gasteiger partial charge in [0.15, 0.2) is 11.5 Å². The number of ether oxygens (including phenoxy) is 3. The first-order valence-corrected chi connectivity index (χ1v) is 7.08. The molecule has 1 heterocycles. The molecule has 0 unspecified atom stereocenters. The number of fused-ring (bicyclic) bond motifs is 1. The van der Waals surface area contributed by atoms with Crippen molar-refractivity contribution in [2.75, 3.05) is 6.79 Å². The van der Waals surface area contributed by atoms with Crippen LogP contribution in [-0.4, -0.2) is 25.2 Å². The molecule has 2 amide bonds. The van der Waals surface area contributed by atoms with E-state index in [2.05, 4.69) is 15.6 Å². The topological polar surface area (TPSA) is 85.9 Å². The lowest BCUT2D eigenvalue weighted by molar-refractivity contribution is -0.0498. The van der Waals surface area contributed by atoms with Crippen LogP contribution in [0.3, 0.4) is 0 Å². The Labute approximate surface area is 140 Å². The van der Waals surface area contributed by atoms with Gasteiger partial charge in [-0.1, -0.05) is 0 Å². The van der Waals surface area contributed by atoms with E-state index in [1.54, 1.807) is 6.07 Å². The van der Waals surface area contributed by atoms with Gasteiger partial charge in [-0.25, -0.2) is 0 Å². The van der Waals surface area contributed by atoms with Crippen LogP contribution >= 0.6 is 0 Å². The van der Waals surface area contributed by atoms with Crippen LogP contribution in [0.4, 0.5) is 8.78 Å². The number of benzene rings is 2. The summed E-state index contributed by atoms with van der Waals surface area (Å²) in [5.74, 6) is -0.266. The number of rotatable bonds is 4. The maximum atomic E-state index is 12.1. The second-order valence-corrected chi connectivity index (χ2v) is 4.88. The zero-order chi connectivity index (χ0) is 17.8. The van der Waals surface area contributed by atoms with Crippen molar-refractivity contribution in [3.05, 3.63) is 53.6 Å². The quantitative estimate of drug-likeness (QED) is 0.825. The first-order chi connectivity index (χ1) is 12.0. The summed E-state index contributed by atoms with van der Waals surface area (Å²) in [6, 6.07) is 9.62. The van der Waals surface area contributed by atoms with Crippen LogP contribution < -0.4 is 25.1 Å². The second-order valence-electron chi connectivity index (χ2n) is 4.88. The number of nitrogens with one attached hydrogen (secondary N) is 2. The normalized spacial score (nSPS) is 12.0. The molecule has 9 heteroatoms. The smallest absolute Gasteiger partial charge is 0.387 e. The highest BCUT2D eigenvalue weighted by molar-refractivity contribution is 5.99. The molecule has 2 aromatic rings. The van der Waals surface area contributed by atoms with Crippen molar-refractivity contribution in [1.29, 1.82) is 0 Å². The molecule has 2 aromatic carbocycles. The summed E-state index contributed by atoms with van der Waals surface area (Å²) >= 11 is 0. The fraction of sp³-hybridized carbons (Fsp3) is 0.125. The summed E-state index contributed by atoms with van der Waals surface area (Å²) in [4.78, 5) is 24.0. The molecular formula is C16H12F2N2O5. The summed E-state index contributed by atoms with van der Waals surface area (Å²) < 4.78 is 38.6. The number of halogens is 2. The van der Waals surface area contributed by atoms with Crippen LogP contribution in [0, 0.1) is 0 Å². The van der Waals surface area contributed by atoms with E-state index in [0.29, 0.717) is 11.5 Å². The summed E-state index contributed by atoms with van der Waals surface area (Å²) in [5, 5.41) is 0. The van der Waals surface area contributed by atoms with Gasteiger partial charge in [-0.3, -0.25) is 20.4 Å². The minimum atomic E-state index is -2.94. The Morgan fingerprint density at radius 2 is 1.52 bits per heavy atom. The molecule has 0 saturated heterocycles. The molecule has 0 spiro atoms. The molecule has 0 saturated carbocycles. The average Bonchev–Trinajstić information content (AvgIpc) is 3.07. The standard InChI is InChI=1S/C16H12F2N2O5/c17-16(18)25-11-4-1-9(2-5-11)14(21)19-20-15(22)10-3-6-12-13(7-10)24-8-23-12/h1-7,16H,8H2,(H,19,21)(H,20,22). The number of hydrogen-bond donors (Lipinski definition) is 2. The molecule has 0 fully saturated rings. The maximum Gasteiger partial charge on any atom is 0.387 e. The van der Waals surface area contributed by atoms with Gasteiger partial charge in [0.2, 0.25) is 6.79 Å². The van der Waals surface area contributed by atoms with E-state index in [1.165, 1.54) is 36.4 Å². The van der Waals surface area contributed by atoms with Crippen molar-refractivity contribution in [3.63, 3.8) is 0 Å². The third-order valence-electron chi connectivity index (χ3n) is 3.27. The molecule has 0 bridgehead atoms. The molecule has 0 radical (unpaired) electrons. The van der Waals surface area contributed by atoms with Crippen molar-refractivity contribution in [3.8, 4) is 17.2 Å². The molecule has 7 nitrogen and oxygen atoms in total. The monoisotopic (exact) mass is 350 g/mol. The molecule has 1 aliphatic heterocycles. The fourth-order valence-corrected chi connectivity index (χ4v) is 2.08. The van der Waals surface area contributed by atoms with Crippen LogP contribution in [-0.2, 0) is 0 Å². The molecule has 25 heavy (non-hydrogen) atoms. The summed E-state index contributed by atoms with van der Waals surface area (Å²) in [7, 11) is 0. The summed E-state index contributed by atoms with van der Waals surface area (Å²) in [5.41, 5.74) is 4.90. The molecule has 0 aromatic heterocycles. The van der Waals surface area contributed by atoms with Crippen LogP contribution in [0.25, 0.3) is 0 Å². The van der Waals surface area contributed by atoms with Gasteiger partial charge in [0.05, 0.1) is 0 Å². The van der Waals surface area contributed by atoms with E-state index < -0.39 is 18.4 Å². The second kappa shape index (κ2) is 7.04. The summed E-state index contributed by atoms with van der Waals surface area (Å²) in [6.07, 6.45) is 0. The number of alkyl halides is 2. The van der Waals surface area contributed by atoms with Crippen LogP contribution in [0.15, 0.2) is 42.5 Å². The molecule has 0 atom stereocenters. The van der Waals surface area contributed by atoms with Gasteiger partial charge in [-0.2, -0.15) is 8.78 Å². The molecule has 2 N–H and O–H groups in total. The van der Waals surface area contributed by atoms with Crippen molar-refractivity contribution in [2.24, 2.45) is 0 Å². The van der Waals surface area contributed by atoms with E-state index in [9.17, 15) is 18.4 Å². The molecule has 3 rings (SSSR count). The molecule has 1 aliphatic rings. The van der Waals surface area contributed by atoms with E-state index >= 15 is 0 Å². The lowest BCUT2D eigenvalue weighted by atomic mass is 10.2. The predicted molar refractivity (Wildman–Crippen MR) is 80.6 cm³/mol. The van der Waals surface area contributed by atoms with Gasteiger partial charge in [0, 0.05) is 11.1 Å².